The SMILES string of the molecule is Cc1nnc(-c2ccc3nnc(NC(=O)C4CCC(CO)CC4)cc3c2)s1. The maximum absolute atomic E-state index is 12.5. The van der Waals surface area contributed by atoms with Crippen LogP contribution in [0.2, 0.25) is 0 Å². The van der Waals surface area contributed by atoms with Crippen molar-refractivity contribution in [2.75, 3.05) is 11.9 Å². The lowest BCUT2D eigenvalue weighted by atomic mass is 9.82. The number of carbonyl (C=O) groups excluding carboxylic acids is 1. The van der Waals surface area contributed by atoms with Crippen LogP contribution in [0.5, 0.6) is 0 Å². The number of nitrogens with zero attached hydrogens (tertiary/aromatic N) is 4. The van der Waals surface area contributed by atoms with Gasteiger partial charge in [0.25, 0.3) is 0 Å². The first-order chi connectivity index (χ1) is 13.1. The average Bonchev–Trinajstić information content (AvgIpc) is 3.14. The summed E-state index contributed by atoms with van der Waals surface area (Å²) in [5, 5.41) is 31.4. The van der Waals surface area contributed by atoms with Gasteiger partial charge in [0.05, 0.1) is 5.52 Å². The second kappa shape index (κ2) is 7.66. The minimum Gasteiger partial charge on any atom is -0.396 e. The van der Waals surface area contributed by atoms with Gasteiger partial charge in [-0.3, -0.25) is 4.79 Å². The standard InChI is InChI=1S/C19H21N5O2S/c1-11-21-24-19(27-11)14-6-7-16-15(8-14)9-17(23-22-16)20-18(26)13-4-2-12(10-25)3-5-13/h6-9,12-13,25H,2-5,10H2,1H3,(H,20,23,26). The average molecular weight is 383 g/mol. The molecule has 3 aromatic rings. The predicted octanol–water partition coefficient (Wildman–Crippen LogP) is 3.19. The van der Waals surface area contributed by atoms with E-state index in [2.05, 4.69) is 25.7 Å². The topological polar surface area (TPSA) is 101 Å². The van der Waals surface area contributed by atoms with Gasteiger partial charge in [0.2, 0.25) is 5.91 Å². The van der Waals surface area contributed by atoms with Crippen LogP contribution in [-0.4, -0.2) is 38.0 Å². The van der Waals surface area contributed by atoms with E-state index in [-0.39, 0.29) is 18.4 Å². The molecule has 1 aliphatic rings. The van der Waals surface area contributed by atoms with Gasteiger partial charge in [-0.1, -0.05) is 11.3 Å². The molecular formula is C19H21N5O2S. The third-order valence-electron chi connectivity index (χ3n) is 5.09. The van der Waals surface area contributed by atoms with Crippen LogP contribution < -0.4 is 5.32 Å². The molecule has 1 aliphatic carbocycles. The Morgan fingerprint density at radius 2 is 1.96 bits per heavy atom. The van der Waals surface area contributed by atoms with E-state index >= 15 is 0 Å². The fourth-order valence-corrected chi connectivity index (χ4v) is 4.18. The lowest BCUT2D eigenvalue weighted by molar-refractivity contribution is -0.121. The van der Waals surface area contributed by atoms with E-state index in [0.717, 1.165) is 52.2 Å². The number of amides is 1. The third-order valence-corrected chi connectivity index (χ3v) is 5.97. The van der Waals surface area contributed by atoms with Gasteiger partial charge in [0.15, 0.2) is 5.82 Å². The molecule has 0 spiro atoms. The fraction of sp³-hybridized carbons (Fsp3) is 0.421. The van der Waals surface area contributed by atoms with Crippen molar-refractivity contribution in [3.63, 3.8) is 0 Å². The highest BCUT2D eigenvalue weighted by atomic mass is 32.1. The van der Waals surface area contributed by atoms with Crippen LogP contribution in [0.15, 0.2) is 24.3 Å². The number of benzene rings is 1. The quantitative estimate of drug-likeness (QED) is 0.717. The number of nitrogens with one attached hydrogen (secondary N) is 1. The van der Waals surface area contributed by atoms with E-state index in [1.807, 2.05) is 31.2 Å². The molecular weight excluding hydrogens is 362 g/mol. The van der Waals surface area contributed by atoms with Crippen LogP contribution in [0.3, 0.4) is 0 Å². The van der Waals surface area contributed by atoms with Crippen molar-refractivity contribution in [3.8, 4) is 10.6 Å². The third kappa shape index (κ3) is 3.96. The fourth-order valence-electron chi connectivity index (χ4n) is 3.49. The van der Waals surface area contributed by atoms with Crippen molar-refractivity contribution in [1.29, 1.82) is 0 Å². The number of aliphatic hydroxyl groups excluding tert-OH is 1. The van der Waals surface area contributed by atoms with Crippen LogP contribution >= 0.6 is 11.3 Å². The Morgan fingerprint density at radius 1 is 1.15 bits per heavy atom. The summed E-state index contributed by atoms with van der Waals surface area (Å²) >= 11 is 1.54. The van der Waals surface area contributed by atoms with Crippen LogP contribution in [0, 0.1) is 18.8 Å². The number of hydrogen-bond acceptors (Lipinski definition) is 7. The van der Waals surface area contributed by atoms with Gasteiger partial charge in [-0.25, -0.2) is 0 Å². The Balaban J connectivity index is 1.51. The summed E-state index contributed by atoms with van der Waals surface area (Å²) < 4.78 is 0. The molecule has 8 heteroatoms. The van der Waals surface area contributed by atoms with Crippen LogP contribution in [0.25, 0.3) is 21.5 Å². The molecule has 0 bridgehead atoms. The van der Waals surface area contributed by atoms with Crippen molar-refractivity contribution < 1.29 is 9.90 Å². The normalized spacial score (nSPS) is 19.9. The van der Waals surface area contributed by atoms with E-state index in [0.29, 0.717) is 11.7 Å². The Kier molecular flexibility index (Phi) is 5.09. The summed E-state index contributed by atoms with van der Waals surface area (Å²) in [5.41, 5.74) is 1.74. The number of hydrogen-bond donors (Lipinski definition) is 2. The highest BCUT2D eigenvalue weighted by molar-refractivity contribution is 7.14. The maximum Gasteiger partial charge on any atom is 0.228 e. The predicted molar refractivity (Wildman–Crippen MR) is 104 cm³/mol. The molecule has 2 N–H and O–H groups in total. The first-order valence-corrected chi connectivity index (χ1v) is 9.93. The number of anilines is 1. The number of aryl methyl sites for hydroxylation is 1. The molecule has 0 saturated heterocycles. The smallest absolute Gasteiger partial charge is 0.228 e. The summed E-state index contributed by atoms with van der Waals surface area (Å²) in [6, 6.07) is 7.69. The Hall–Kier alpha value is -2.45. The van der Waals surface area contributed by atoms with Crippen molar-refractivity contribution >= 4 is 34.0 Å². The summed E-state index contributed by atoms with van der Waals surface area (Å²) in [5.74, 6) is 0.747. The van der Waals surface area contributed by atoms with E-state index in [1.165, 1.54) is 11.3 Å². The molecule has 0 unspecified atom stereocenters. The van der Waals surface area contributed by atoms with Crippen molar-refractivity contribution in [3.05, 3.63) is 29.3 Å². The molecule has 7 nitrogen and oxygen atoms in total. The molecule has 1 aromatic carbocycles. The summed E-state index contributed by atoms with van der Waals surface area (Å²) in [4.78, 5) is 12.5. The highest BCUT2D eigenvalue weighted by Crippen LogP contribution is 2.30. The minimum absolute atomic E-state index is 0.0176. The zero-order valence-corrected chi connectivity index (χ0v) is 15.9. The molecule has 1 fully saturated rings. The molecule has 0 atom stereocenters. The van der Waals surface area contributed by atoms with Gasteiger partial charge >= 0.3 is 0 Å². The number of fused-ring (bicyclic) bond motifs is 1. The lowest BCUT2D eigenvalue weighted by Crippen LogP contribution is -2.28. The van der Waals surface area contributed by atoms with Gasteiger partial charge < -0.3 is 10.4 Å². The number of carbonyl (C=O) groups is 1. The maximum atomic E-state index is 12.5. The molecule has 0 aliphatic heterocycles. The summed E-state index contributed by atoms with van der Waals surface area (Å²) in [6.07, 6.45) is 3.39. The number of aliphatic hydroxyl groups is 1. The van der Waals surface area contributed by atoms with Crippen molar-refractivity contribution in [2.45, 2.75) is 32.6 Å². The molecule has 1 saturated carbocycles. The Bertz CT molecular complexity index is 966. The summed E-state index contributed by atoms with van der Waals surface area (Å²) in [7, 11) is 0. The molecule has 140 valence electrons. The van der Waals surface area contributed by atoms with Gasteiger partial charge in [0, 0.05) is 23.5 Å². The molecule has 2 aromatic heterocycles. The molecule has 4 rings (SSSR count). The van der Waals surface area contributed by atoms with Crippen LogP contribution in [0.1, 0.15) is 30.7 Å². The van der Waals surface area contributed by atoms with Crippen LogP contribution in [0.4, 0.5) is 5.82 Å². The minimum atomic E-state index is -0.0269. The molecule has 2 heterocycles. The molecule has 0 radical (unpaired) electrons. The van der Waals surface area contributed by atoms with E-state index in [1.54, 1.807) is 0 Å². The van der Waals surface area contributed by atoms with Crippen LogP contribution in [-0.2, 0) is 4.79 Å². The second-order valence-corrected chi connectivity index (χ2v) is 8.20. The zero-order chi connectivity index (χ0) is 18.8. The largest absolute Gasteiger partial charge is 0.396 e. The van der Waals surface area contributed by atoms with Crippen molar-refractivity contribution in [1.82, 2.24) is 20.4 Å². The zero-order valence-electron chi connectivity index (χ0n) is 15.1. The van der Waals surface area contributed by atoms with E-state index < -0.39 is 0 Å². The van der Waals surface area contributed by atoms with Gasteiger partial charge in [0.1, 0.15) is 10.0 Å². The Labute approximate surface area is 160 Å². The van der Waals surface area contributed by atoms with Gasteiger partial charge in [-0.2, -0.15) is 0 Å². The highest BCUT2D eigenvalue weighted by Gasteiger charge is 2.26. The molecule has 27 heavy (non-hydrogen) atoms. The second-order valence-electron chi connectivity index (χ2n) is 7.02. The molecule has 1 amide bonds. The lowest BCUT2D eigenvalue weighted by Gasteiger charge is -2.26. The van der Waals surface area contributed by atoms with Crippen molar-refractivity contribution in [2.24, 2.45) is 11.8 Å². The first kappa shape index (κ1) is 17.9. The first-order valence-electron chi connectivity index (χ1n) is 9.12. The van der Waals surface area contributed by atoms with E-state index in [4.69, 9.17) is 0 Å². The Morgan fingerprint density at radius 3 is 2.67 bits per heavy atom. The van der Waals surface area contributed by atoms with Gasteiger partial charge in [-0.15, -0.1) is 20.4 Å². The summed E-state index contributed by atoms with van der Waals surface area (Å²) in [6.45, 7) is 2.14. The number of aromatic nitrogens is 4. The van der Waals surface area contributed by atoms with E-state index in [9.17, 15) is 9.90 Å². The number of rotatable bonds is 4. The monoisotopic (exact) mass is 383 g/mol. The van der Waals surface area contributed by atoms with Gasteiger partial charge in [-0.05, 0) is 62.8 Å².